The van der Waals surface area contributed by atoms with E-state index < -0.39 is 0 Å². The average Bonchev–Trinajstić information content (AvgIpc) is 2.20. The Bertz CT molecular complexity index is 305. The predicted octanol–water partition coefficient (Wildman–Crippen LogP) is 3.26. The van der Waals surface area contributed by atoms with Gasteiger partial charge in [0.1, 0.15) is 0 Å². The summed E-state index contributed by atoms with van der Waals surface area (Å²) in [5.41, 5.74) is 2.59. The summed E-state index contributed by atoms with van der Waals surface area (Å²) in [7, 11) is 0. The normalized spacial score (nSPS) is 27.0. The molecule has 1 aliphatic heterocycles. The van der Waals surface area contributed by atoms with Gasteiger partial charge in [0.05, 0.1) is 5.70 Å². The molecule has 13 heavy (non-hydrogen) atoms. The molecule has 0 aromatic heterocycles. The van der Waals surface area contributed by atoms with Gasteiger partial charge in [0.2, 0.25) is 0 Å². The number of allylic oxidation sites excluding steroid dienone is 5. The van der Waals surface area contributed by atoms with Gasteiger partial charge in [-0.05, 0) is 30.8 Å². The van der Waals surface area contributed by atoms with E-state index in [1.165, 1.54) is 11.3 Å². The third kappa shape index (κ3) is 1.97. The number of rotatable bonds is 1. The highest BCUT2D eigenvalue weighted by Crippen LogP contribution is 2.24. The lowest BCUT2D eigenvalue weighted by Crippen LogP contribution is -2.02. The molecule has 1 nitrogen and oxygen atoms in total. The van der Waals surface area contributed by atoms with E-state index in [0.29, 0.717) is 5.92 Å². The Balaban J connectivity index is 2.14. The third-order valence-corrected chi connectivity index (χ3v) is 2.49. The highest BCUT2D eigenvalue weighted by molar-refractivity contribution is 5.65. The Morgan fingerprint density at radius 2 is 2.38 bits per heavy atom. The van der Waals surface area contributed by atoms with Gasteiger partial charge in [-0.25, -0.2) is 0 Å². The Kier molecular flexibility index (Phi) is 2.44. The van der Waals surface area contributed by atoms with E-state index >= 15 is 0 Å². The molecule has 1 heteroatoms. The SMILES string of the molecule is CC1C=NC(C2=CC=CCC2)=CC1. The van der Waals surface area contributed by atoms with Crippen LogP contribution in [0.1, 0.15) is 26.2 Å². The molecular formula is C12H15N. The van der Waals surface area contributed by atoms with Crippen LogP contribution in [0.2, 0.25) is 0 Å². The van der Waals surface area contributed by atoms with Crippen molar-refractivity contribution >= 4 is 6.21 Å². The van der Waals surface area contributed by atoms with E-state index in [2.05, 4.69) is 42.4 Å². The minimum absolute atomic E-state index is 0.614. The number of hydrogen-bond donors (Lipinski definition) is 0. The van der Waals surface area contributed by atoms with Crippen molar-refractivity contribution in [1.29, 1.82) is 0 Å². The molecule has 2 rings (SSSR count). The van der Waals surface area contributed by atoms with Crippen molar-refractivity contribution in [2.24, 2.45) is 10.9 Å². The lowest BCUT2D eigenvalue weighted by Gasteiger charge is -2.14. The zero-order chi connectivity index (χ0) is 9.10. The van der Waals surface area contributed by atoms with Crippen molar-refractivity contribution in [3.05, 3.63) is 35.6 Å². The largest absolute Gasteiger partial charge is 0.261 e. The van der Waals surface area contributed by atoms with E-state index in [9.17, 15) is 0 Å². The molecular weight excluding hydrogens is 158 g/mol. The van der Waals surface area contributed by atoms with E-state index in [4.69, 9.17) is 0 Å². The zero-order valence-electron chi connectivity index (χ0n) is 8.03. The maximum absolute atomic E-state index is 4.47. The highest BCUT2D eigenvalue weighted by Gasteiger charge is 2.09. The van der Waals surface area contributed by atoms with Gasteiger partial charge < -0.3 is 0 Å². The fourth-order valence-electron chi connectivity index (χ4n) is 1.65. The lowest BCUT2D eigenvalue weighted by molar-refractivity contribution is 0.782. The van der Waals surface area contributed by atoms with Gasteiger partial charge in [0.25, 0.3) is 0 Å². The molecule has 0 saturated carbocycles. The van der Waals surface area contributed by atoms with Crippen LogP contribution >= 0.6 is 0 Å². The van der Waals surface area contributed by atoms with Crippen LogP contribution in [0.25, 0.3) is 0 Å². The van der Waals surface area contributed by atoms with E-state index in [1.54, 1.807) is 0 Å². The third-order valence-electron chi connectivity index (χ3n) is 2.49. The van der Waals surface area contributed by atoms with Gasteiger partial charge in [0.15, 0.2) is 0 Å². The van der Waals surface area contributed by atoms with Crippen LogP contribution in [0.4, 0.5) is 0 Å². The molecule has 2 aliphatic rings. The maximum Gasteiger partial charge on any atom is 0.0618 e. The van der Waals surface area contributed by atoms with Crippen LogP contribution in [-0.4, -0.2) is 6.21 Å². The zero-order valence-corrected chi connectivity index (χ0v) is 8.03. The predicted molar refractivity (Wildman–Crippen MR) is 56.8 cm³/mol. The monoisotopic (exact) mass is 173 g/mol. The van der Waals surface area contributed by atoms with Gasteiger partial charge in [0, 0.05) is 6.21 Å². The van der Waals surface area contributed by atoms with Gasteiger partial charge in [-0.15, -0.1) is 0 Å². The molecule has 0 spiro atoms. The van der Waals surface area contributed by atoms with Gasteiger partial charge >= 0.3 is 0 Å². The number of aliphatic imine (C=N–C) groups is 1. The molecule has 1 aliphatic carbocycles. The van der Waals surface area contributed by atoms with E-state index in [0.717, 1.165) is 19.3 Å². The van der Waals surface area contributed by atoms with Crippen molar-refractivity contribution in [3.8, 4) is 0 Å². The summed E-state index contributed by atoms with van der Waals surface area (Å²) < 4.78 is 0. The quantitative estimate of drug-likeness (QED) is 0.577. The second-order valence-electron chi connectivity index (χ2n) is 3.74. The molecule has 0 bridgehead atoms. The Morgan fingerprint density at radius 3 is 3.00 bits per heavy atom. The van der Waals surface area contributed by atoms with E-state index in [1.807, 2.05) is 0 Å². The Labute approximate surface area is 79.6 Å². The van der Waals surface area contributed by atoms with Crippen LogP contribution in [0, 0.1) is 5.92 Å². The van der Waals surface area contributed by atoms with Crippen LogP contribution < -0.4 is 0 Å². The minimum Gasteiger partial charge on any atom is -0.261 e. The molecule has 0 fully saturated rings. The lowest BCUT2D eigenvalue weighted by atomic mass is 9.98. The average molecular weight is 173 g/mol. The van der Waals surface area contributed by atoms with Gasteiger partial charge in [-0.3, -0.25) is 4.99 Å². The molecule has 0 radical (unpaired) electrons. The topological polar surface area (TPSA) is 12.4 Å². The van der Waals surface area contributed by atoms with Crippen LogP contribution in [0.15, 0.2) is 40.6 Å². The fraction of sp³-hybridized carbons (Fsp3) is 0.417. The summed E-state index contributed by atoms with van der Waals surface area (Å²) in [4.78, 5) is 4.47. The van der Waals surface area contributed by atoms with Gasteiger partial charge in [-0.2, -0.15) is 0 Å². The number of nitrogens with zero attached hydrogens (tertiary/aromatic N) is 1. The van der Waals surface area contributed by atoms with Crippen molar-refractivity contribution in [3.63, 3.8) is 0 Å². The first-order valence-electron chi connectivity index (χ1n) is 4.96. The van der Waals surface area contributed by atoms with Crippen molar-refractivity contribution in [1.82, 2.24) is 0 Å². The second kappa shape index (κ2) is 3.73. The first-order chi connectivity index (χ1) is 6.36. The molecule has 1 atom stereocenters. The first kappa shape index (κ1) is 8.49. The molecule has 0 aromatic carbocycles. The van der Waals surface area contributed by atoms with Gasteiger partial charge in [-0.1, -0.05) is 31.2 Å². The summed E-state index contributed by atoms with van der Waals surface area (Å²) in [6.45, 7) is 2.20. The molecule has 0 amide bonds. The molecule has 0 aromatic rings. The summed E-state index contributed by atoms with van der Waals surface area (Å²) in [5.74, 6) is 0.614. The summed E-state index contributed by atoms with van der Waals surface area (Å²) in [5, 5.41) is 0. The molecule has 0 N–H and O–H groups in total. The first-order valence-corrected chi connectivity index (χ1v) is 4.96. The summed E-state index contributed by atoms with van der Waals surface area (Å²) in [6, 6.07) is 0. The maximum atomic E-state index is 4.47. The minimum atomic E-state index is 0.614. The Morgan fingerprint density at radius 1 is 1.46 bits per heavy atom. The van der Waals surface area contributed by atoms with Crippen LogP contribution in [-0.2, 0) is 0 Å². The molecule has 1 heterocycles. The fourth-order valence-corrected chi connectivity index (χ4v) is 1.65. The standard InChI is InChI=1S/C12H15N/c1-10-7-8-12(13-9-10)11-5-3-2-4-6-11/h2-3,5,8-10H,4,6-7H2,1H3. The molecule has 0 saturated heterocycles. The Hall–Kier alpha value is -1.11. The highest BCUT2D eigenvalue weighted by atomic mass is 14.7. The summed E-state index contributed by atoms with van der Waals surface area (Å²) in [6.07, 6.45) is 14.3. The van der Waals surface area contributed by atoms with E-state index in [-0.39, 0.29) is 0 Å². The second-order valence-corrected chi connectivity index (χ2v) is 3.74. The van der Waals surface area contributed by atoms with Crippen LogP contribution in [0.5, 0.6) is 0 Å². The summed E-state index contributed by atoms with van der Waals surface area (Å²) >= 11 is 0. The molecule has 1 unspecified atom stereocenters. The molecule has 68 valence electrons. The van der Waals surface area contributed by atoms with Crippen molar-refractivity contribution < 1.29 is 0 Å². The van der Waals surface area contributed by atoms with Crippen molar-refractivity contribution in [2.75, 3.05) is 0 Å². The van der Waals surface area contributed by atoms with Crippen LogP contribution in [0.3, 0.4) is 0 Å². The smallest absolute Gasteiger partial charge is 0.0618 e. The van der Waals surface area contributed by atoms with Crippen molar-refractivity contribution in [2.45, 2.75) is 26.2 Å². The number of hydrogen-bond acceptors (Lipinski definition) is 1.